The quantitative estimate of drug-likeness (QED) is 0.0938. The van der Waals surface area contributed by atoms with Gasteiger partial charge in [0, 0.05) is 0 Å². The Bertz CT molecular complexity index is 2730. The number of benzene rings is 3. The molecule has 0 aliphatic heterocycles. The number of carbonyl (C=O) groups excluding carboxylic acids is 2. The first-order valence-corrected chi connectivity index (χ1v) is 18.6. The van der Waals surface area contributed by atoms with Crippen molar-refractivity contribution in [1.29, 1.82) is 31.6 Å². The molecular weight excluding hydrogens is 831 g/mol. The molecule has 20 nitrogen and oxygen atoms in total. The average molecular weight is 864 g/mol. The van der Waals surface area contributed by atoms with E-state index in [1.165, 1.54) is 91.0 Å². The van der Waals surface area contributed by atoms with Crippen molar-refractivity contribution in [2.75, 3.05) is 19.8 Å². The second-order valence-corrected chi connectivity index (χ2v) is 13.3. The van der Waals surface area contributed by atoms with E-state index in [0.29, 0.717) is 30.4 Å². The molecule has 0 amide bonds. The first-order chi connectivity index (χ1) is 30.7. The minimum Gasteiger partial charge on any atom is -0.491 e. The molecule has 3 unspecified atom stereocenters. The fourth-order valence-corrected chi connectivity index (χ4v) is 5.50. The number of aliphatic hydroxyl groups excluding tert-OH is 3. The van der Waals surface area contributed by atoms with Gasteiger partial charge in [-0.2, -0.15) is 31.6 Å². The highest BCUT2D eigenvalue weighted by Crippen LogP contribution is 2.15. The molecule has 0 fully saturated rings. The van der Waals surface area contributed by atoms with Crippen LogP contribution in [0.15, 0.2) is 104 Å². The Morgan fingerprint density at radius 1 is 0.484 bits per heavy atom. The highest BCUT2D eigenvalue weighted by atomic mass is 16.5. The first-order valence-electron chi connectivity index (χ1n) is 18.6. The molecule has 0 aliphatic rings. The molecule has 64 heavy (non-hydrogen) atoms. The summed E-state index contributed by atoms with van der Waals surface area (Å²) in [4.78, 5) is 66.4. The molecule has 0 saturated carbocycles. The number of rotatable bonds is 18. The standard InChI is InChI=1S/C44H33N9O11/c45-16-31(17-46)13-28-1-7-34(8-2-28)40(57)63-26-37(55)23-52-42(59)51(22-36(54)25-62-39-11-5-30(6-12-39)15-33(20-49)21-50)43(60)53(44(52)61)24-38(56)27-64-41(58)35-9-3-29(4-10-35)14-32(18-47)19-48/h1-15,36-38,54-56H,22-27H2. The van der Waals surface area contributed by atoms with Gasteiger partial charge in [-0.25, -0.2) is 37.7 Å². The molecule has 3 N–H and O–H groups in total. The molecule has 20 heteroatoms. The van der Waals surface area contributed by atoms with Crippen LogP contribution in [0.1, 0.15) is 37.4 Å². The maximum absolute atomic E-state index is 13.6. The Morgan fingerprint density at radius 3 is 1.06 bits per heavy atom. The average Bonchev–Trinajstić information content (AvgIpc) is 3.31. The van der Waals surface area contributed by atoms with Gasteiger partial charge in [-0.15, -0.1) is 0 Å². The van der Waals surface area contributed by atoms with Crippen molar-refractivity contribution in [3.63, 3.8) is 0 Å². The lowest BCUT2D eigenvalue weighted by Gasteiger charge is -2.19. The predicted molar refractivity (Wildman–Crippen MR) is 220 cm³/mol. The van der Waals surface area contributed by atoms with Crippen molar-refractivity contribution in [1.82, 2.24) is 13.7 Å². The third kappa shape index (κ3) is 13.2. The molecule has 0 radical (unpaired) electrons. The number of hydrogen-bond acceptors (Lipinski definition) is 17. The van der Waals surface area contributed by atoms with Crippen molar-refractivity contribution in [2.45, 2.75) is 37.9 Å². The number of nitrogens with zero attached hydrogens (tertiary/aromatic N) is 9. The monoisotopic (exact) mass is 863 g/mol. The van der Waals surface area contributed by atoms with E-state index in [2.05, 4.69) is 0 Å². The maximum atomic E-state index is 13.6. The number of carbonyl (C=O) groups is 2. The molecule has 1 aromatic heterocycles. The van der Waals surface area contributed by atoms with Gasteiger partial charge in [-0.3, -0.25) is 0 Å². The zero-order valence-electron chi connectivity index (χ0n) is 33.3. The van der Waals surface area contributed by atoms with Gasteiger partial charge in [0.1, 0.15) is 97.0 Å². The van der Waals surface area contributed by atoms with Gasteiger partial charge in [0.15, 0.2) is 0 Å². The van der Waals surface area contributed by atoms with E-state index in [0.717, 1.165) is 0 Å². The lowest BCUT2D eigenvalue weighted by molar-refractivity contribution is 0.0185. The van der Waals surface area contributed by atoms with E-state index >= 15 is 0 Å². The summed E-state index contributed by atoms with van der Waals surface area (Å²) in [6.07, 6.45) is -1.12. The molecular formula is C44H33N9O11. The van der Waals surface area contributed by atoms with Crippen molar-refractivity contribution < 1.29 is 39.1 Å². The molecule has 0 spiro atoms. The van der Waals surface area contributed by atoms with E-state index in [-0.39, 0.29) is 33.6 Å². The SMILES string of the molecule is N#CC(C#N)=Cc1ccc(OCC(O)Cn2c(=O)n(CC(O)COC(=O)c3ccc(C=C(C#N)C#N)cc3)c(=O)n(CC(O)COC(=O)c3ccc(C=C(C#N)C#N)cc3)c2=O)cc1. The zero-order valence-corrected chi connectivity index (χ0v) is 33.3. The van der Waals surface area contributed by atoms with Crippen LogP contribution < -0.4 is 21.8 Å². The van der Waals surface area contributed by atoms with Crippen LogP contribution >= 0.6 is 0 Å². The van der Waals surface area contributed by atoms with E-state index in [1.807, 2.05) is 0 Å². The first kappa shape index (κ1) is 47.5. The minimum absolute atomic E-state index is 0.0117. The van der Waals surface area contributed by atoms with Crippen LogP contribution in [-0.2, 0) is 29.1 Å². The Kier molecular flexibility index (Phi) is 17.1. The van der Waals surface area contributed by atoms with E-state index in [9.17, 15) is 39.3 Å². The molecule has 1 heterocycles. The Morgan fingerprint density at radius 2 is 0.766 bits per heavy atom. The fraction of sp³-hybridized carbons (Fsp3) is 0.205. The number of aromatic nitrogens is 3. The summed E-state index contributed by atoms with van der Waals surface area (Å²) in [5.74, 6) is -1.63. The lowest BCUT2D eigenvalue weighted by Crippen LogP contribution is -2.57. The highest BCUT2D eigenvalue weighted by molar-refractivity contribution is 5.90. The van der Waals surface area contributed by atoms with Crippen molar-refractivity contribution in [3.8, 4) is 42.2 Å². The van der Waals surface area contributed by atoms with Crippen molar-refractivity contribution >= 4 is 30.2 Å². The van der Waals surface area contributed by atoms with Gasteiger partial charge >= 0.3 is 29.0 Å². The molecule has 3 atom stereocenters. The van der Waals surface area contributed by atoms with Gasteiger partial charge in [0.2, 0.25) is 0 Å². The molecule has 4 aromatic rings. The van der Waals surface area contributed by atoms with E-state index in [1.54, 1.807) is 36.4 Å². The third-order valence-corrected chi connectivity index (χ3v) is 8.65. The summed E-state index contributed by atoms with van der Waals surface area (Å²) >= 11 is 0. The van der Waals surface area contributed by atoms with Crippen LogP contribution in [0.5, 0.6) is 5.75 Å². The number of hydrogen-bond donors (Lipinski definition) is 3. The number of nitriles is 6. The Hall–Kier alpha value is -9.15. The summed E-state index contributed by atoms with van der Waals surface area (Å²) in [5.41, 5.74) is -3.02. The van der Waals surface area contributed by atoms with E-state index in [4.69, 9.17) is 45.8 Å². The topological polar surface area (TPSA) is 331 Å². The highest BCUT2D eigenvalue weighted by Gasteiger charge is 2.23. The molecule has 4 rings (SSSR count). The van der Waals surface area contributed by atoms with Gasteiger partial charge in [-0.05, 0) is 71.3 Å². The largest absolute Gasteiger partial charge is 0.491 e. The molecule has 320 valence electrons. The van der Waals surface area contributed by atoms with Gasteiger partial charge in [-0.1, -0.05) is 36.4 Å². The van der Waals surface area contributed by atoms with Crippen molar-refractivity contribution in [3.05, 3.63) is 149 Å². The normalized spacial score (nSPS) is 11.5. The molecule has 0 bridgehead atoms. The maximum Gasteiger partial charge on any atom is 0.338 e. The lowest BCUT2D eigenvalue weighted by atomic mass is 10.1. The predicted octanol–water partition coefficient (Wildman–Crippen LogP) is 1.34. The second kappa shape index (κ2) is 23.0. The van der Waals surface area contributed by atoms with Crippen LogP contribution in [0.2, 0.25) is 0 Å². The summed E-state index contributed by atoms with van der Waals surface area (Å²) < 4.78 is 17.1. The van der Waals surface area contributed by atoms with Gasteiger partial charge in [0.25, 0.3) is 0 Å². The fourth-order valence-electron chi connectivity index (χ4n) is 5.50. The Labute approximate surface area is 362 Å². The smallest absolute Gasteiger partial charge is 0.338 e. The number of allylic oxidation sites excluding steroid dienone is 3. The van der Waals surface area contributed by atoms with Crippen LogP contribution in [0.4, 0.5) is 0 Å². The van der Waals surface area contributed by atoms with E-state index < -0.39 is 86.8 Å². The van der Waals surface area contributed by atoms with Gasteiger partial charge in [0.05, 0.1) is 30.8 Å². The summed E-state index contributed by atoms with van der Waals surface area (Å²) in [5, 5.41) is 86.3. The second-order valence-electron chi connectivity index (χ2n) is 13.3. The summed E-state index contributed by atoms with van der Waals surface area (Å²) in [6, 6.07) is 27.3. The summed E-state index contributed by atoms with van der Waals surface area (Å²) in [6.45, 7) is -4.49. The van der Waals surface area contributed by atoms with Crippen LogP contribution in [0, 0.1) is 68.0 Å². The minimum atomic E-state index is -1.73. The zero-order chi connectivity index (χ0) is 46.8. The Balaban J connectivity index is 1.54. The number of aliphatic hydroxyl groups is 3. The number of ether oxygens (including phenoxy) is 3. The van der Waals surface area contributed by atoms with Crippen LogP contribution in [-0.4, -0.2) is 79.1 Å². The molecule has 0 saturated heterocycles. The third-order valence-electron chi connectivity index (χ3n) is 8.65. The number of esters is 2. The van der Waals surface area contributed by atoms with Crippen LogP contribution in [0.25, 0.3) is 18.2 Å². The van der Waals surface area contributed by atoms with Crippen LogP contribution in [0.3, 0.4) is 0 Å². The van der Waals surface area contributed by atoms with Crippen molar-refractivity contribution in [2.24, 2.45) is 0 Å². The van der Waals surface area contributed by atoms with Gasteiger partial charge < -0.3 is 29.5 Å². The molecule has 3 aromatic carbocycles. The molecule has 0 aliphatic carbocycles. The summed E-state index contributed by atoms with van der Waals surface area (Å²) in [7, 11) is 0.